The Morgan fingerprint density at radius 1 is 1.04 bits per heavy atom. The average molecular weight is 442 g/mol. The van der Waals surface area contributed by atoms with Crippen molar-refractivity contribution >= 4 is 57.7 Å². The zero-order chi connectivity index (χ0) is 19.4. The Morgan fingerprint density at radius 2 is 1.74 bits per heavy atom. The fourth-order valence-electron chi connectivity index (χ4n) is 2.35. The average Bonchev–Trinajstić information content (AvgIpc) is 3.08. The van der Waals surface area contributed by atoms with E-state index < -0.39 is 0 Å². The van der Waals surface area contributed by atoms with Crippen molar-refractivity contribution in [3.8, 4) is 0 Å². The molecule has 3 rings (SSSR count). The van der Waals surface area contributed by atoms with Crippen LogP contribution in [-0.4, -0.2) is 28.1 Å². The van der Waals surface area contributed by atoms with E-state index in [1.54, 1.807) is 36.4 Å². The Morgan fingerprint density at radius 3 is 2.44 bits per heavy atom. The molecule has 0 saturated carbocycles. The first-order chi connectivity index (χ1) is 12.9. The molecule has 0 radical (unpaired) electrons. The number of carbonyl (C=O) groups excluding carboxylic acids is 1. The minimum atomic E-state index is -0.301. The van der Waals surface area contributed by atoms with Gasteiger partial charge in [0.1, 0.15) is 5.01 Å². The maximum Gasteiger partial charge on any atom is 0.286 e. The molecule has 2 aromatic carbocycles. The van der Waals surface area contributed by atoms with E-state index in [9.17, 15) is 4.79 Å². The minimum Gasteiger partial charge on any atom is -0.320 e. The van der Waals surface area contributed by atoms with Gasteiger partial charge in [0.25, 0.3) is 5.91 Å². The monoisotopic (exact) mass is 440 g/mol. The van der Waals surface area contributed by atoms with Crippen LogP contribution in [-0.2, 0) is 13.1 Å². The SMILES string of the molecule is CN(Cc1nnc(C(=O)Nc2ccc(Cl)cc2)s1)Cc1ccc(Cl)cc1Cl. The van der Waals surface area contributed by atoms with E-state index in [0.29, 0.717) is 38.9 Å². The summed E-state index contributed by atoms with van der Waals surface area (Å²) in [5, 5.41) is 13.7. The van der Waals surface area contributed by atoms with E-state index in [1.807, 2.05) is 18.0 Å². The van der Waals surface area contributed by atoms with Gasteiger partial charge in [0.05, 0.1) is 6.54 Å². The van der Waals surface area contributed by atoms with Crippen LogP contribution in [0.3, 0.4) is 0 Å². The molecule has 1 heterocycles. The Balaban J connectivity index is 1.59. The lowest BCUT2D eigenvalue weighted by molar-refractivity contribution is 0.102. The first kappa shape index (κ1) is 20.0. The third kappa shape index (κ3) is 5.64. The zero-order valence-electron chi connectivity index (χ0n) is 14.2. The van der Waals surface area contributed by atoms with Crippen molar-refractivity contribution in [2.24, 2.45) is 0 Å². The number of benzene rings is 2. The molecule has 1 aromatic heterocycles. The molecular weight excluding hydrogens is 427 g/mol. The molecule has 3 aromatic rings. The first-order valence-electron chi connectivity index (χ1n) is 7.92. The van der Waals surface area contributed by atoms with Crippen LogP contribution in [0, 0.1) is 0 Å². The lowest BCUT2D eigenvalue weighted by atomic mass is 10.2. The maximum atomic E-state index is 12.3. The van der Waals surface area contributed by atoms with Crippen molar-refractivity contribution in [3.05, 3.63) is 73.1 Å². The van der Waals surface area contributed by atoms with Crippen LogP contribution in [0.4, 0.5) is 5.69 Å². The Kier molecular flexibility index (Phi) is 6.68. The highest BCUT2D eigenvalue weighted by Gasteiger charge is 2.15. The standard InChI is InChI=1S/C18H15Cl3N4OS/c1-25(9-11-2-3-13(20)8-15(11)21)10-16-23-24-18(27-16)17(26)22-14-6-4-12(19)5-7-14/h2-8H,9-10H2,1H3,(H,22,26). The van der Waals surface area contributed by atoms with Crippen LogP contribution in [0.15, 0.2) is 42.5 Å². The van der Waals surface area contributed by atoms with Crippen LogP contribution in [0.5, 0.6) is 0 Å². The van der Waals surface area contributed by atoms with Crippen LogP contribution in [0.1, 0.15) is 20.4 Å². The molecule has 0 aliphatic heterocycles. The highest BCUT2D eigenvalue weighted by Crippen LogP contribution is 2.23. The summed E-state index contributed by atoms with van der Waals surface area (Å²) in [6, 6.07) is 12.3. The fourth-order valence-corrected chi connectivity index (χ4v) is 3.76. The summed E-state index contributed by atoms with van der Waals surface area (Å²) in [6.45, 7) is 1.17. The van der Waals surface area contributed by atoms with Gasteiger partial charge in [-0.3, -0.25) is 9.69 Å². The second-order valence-corrected chi connectivity index (χ2v) is 8.21. The number of halogens is 3. The molecule has 0 bridgehead atoms. The Bertz CT molecular complexity index is 946. The second-order valence-electron chi connectivity index (χ2n) is 5.87. The summed E-state index contributed by atoms with van der Waals surface area (Å²) in [6.07, 6.45) is 0. The molecule has 1 N–H and O–H groups in total. The van der Waals surface area contributed by atoms with E-state index in [0.717, 1.165) is 10.6 Å². The predicted molar refractivity (Wildman–Crippen MR) is 111 cm³/mol. The van der Waals surface area contributed by atoms with Gasteiger partial charge in [-0.25, -0.2) is 0 Å². The number of anilines is 1. The maximum absolute atomic E-state index is 12.3. The molecule has 0 atom stereocenters. The topological polar surface area (TPSA) is 58.1 Å². The van der Waals surface area contributed by atoms with Gasteiger partial charge in [0.15, 0.2) is 0 Å². The number of nitrogens with zero attached hydrogens (tertiary/aromatic N) is 3. The number of rotatable bonds is 6. The molecule has 140 valence electrons. The molecule has 9 heteroatoms. The van der Waals surface area contributed by atoms with Gasteiger partial charge < -0.3 is 5.32 Å². The van der Waals surface area contributed by atoms with Crippen molar-refractivity contribution < 1.29 is 4.79 Å². The number of carbonyl (C=O) groups is 1. The normalized spacial score (nSPS) is 11.0. The molecule has 0 aliphatic carbocycles. The highest BCUT2D eigenvalue weighted by molar-refractivity contribution is 7.13. The van der Waals surface area contributed by atoms with Crippen LogP contribution >= 0.6 is 46.1 Å². The summed E-state index contributed by atoms with van der Waals surface area (Å²) in [5.41, 5.74) is 1.62. The van der Waals surface area contributed by atoms with Gasteiger partial charge >= 0.3 is 0 Å². The first-order valence-corrected chi connectivity index (χ1v) is 9.87. The van der Waals surface area contributed by atoms with E-state index in [-0.39, 0.29) is 5.91 Å². The third-order valence-electron chi connectivity index (χ3n) is 3.62. The second kappa shape index (κ2) is 8.99. The zero-order valence-corrected chi connectivity index (χ0v) is 17.3. The summed E-state index contributed by atoms with van der Waals surface area (Å²) < 4.78 is 0. The minimum absolute atomic E-state index is 0.301. The van der Waals surface area contributed by atoms with E-state index in [2.05, 4.69) is 15.5 Å². The number of hydrogen-bond acceptors (Lipinski definition) is 5. The molecule has 0 unspecified atom stereocenters. The van der Waals surface area contributed by atoms with Gasteiger partial charge in [0.2, 0.25) is 5.01 Å². The Labute approximate surface area is 175 Å². The summed E-state index contributed by atoms with van der Waals surface area (Å²) in [4.78, 5) is 14.3. The molecule has 27 heavy (non-hydrogen) atoms. The number of nitrogens with one attached hydrogen (secondary N) is 1. The van der Waals surface area contributed by atoms with E-state index in [4.69, 9.17) is 34.8 Å². The quantitative estimate of drug-likeness (QED) is 0.558. The number of amides is 1. The number of aromatic nitrogens is 2. The van der Waals surface area contributed by atoms with Crippen molar-refractivity contribution in [3.63, 3.8) is 0 Å². The Hall–Kier alpha value is -1.70. The van der Waals surface area contributed by atoms with Gasteiger partial charge in [-0.1, -0.05) is 52.2 Å². The molecule has 0 spiro atoms. The molecule has 5 nitrogen and oxygen atoms in total. The summed E-state index contributed by atoms with van der Waals surface area (Å²) >= 11 is 19.2. The summed E-state index contributed by atoms with van der Waals surface area (Å²) in [5.74, 6) is -0.301. The van der Waals surface area contributed by atoms with E-state index in [1.165, 1.54) is 11.3 Å². The molecule has 1 amide bonds. The third-order valence-corrected chi connectivity index (χ3v) is 5.37. The lowest BCUT2D eigenvalue weighted by Gasteiger charge is -2.15. The highest BCUT2D eigenvalue weighted by atomic mass is 35.5. The van der Waals surface area contributed by atoms with Gasteiger partial charge in [-0.05, 0) is 49.0 Å². The van der Waals surface area contributed by atoms with E-state index >= 15 is 0 Å². The smallest absolute Gasteiger partial charge is 0.286 e. The van der Waals surface area contributed by atoms with Crippen molar-refractivity contribution in [1.82, 2.24) is 15.1 Å². The van der Waals surface area contributed by atoms with Crippen LogP contribution < -0.4 is 5.32 Å². The molecule has 0 fully saturated rings. The molecule has 0 saturated heterocycles. The summed E-state index contributed by atoms with van der Waals surface area (Å²) in [7, 11) is 1.94. The van der Waals surface area contributed by atoms with Crippen molar-refractivity contribution in [2.75, 3.05) is 12.4 Å². The lowest BCUT2D eigenvalue weighted by Crippen LogP contribution is -2.17. The number of hydrogen-bond donors (Lipinski definition) is 1. The van der Waals surface area contributed by atoms with Gasteiger partial charge in [-0.2, -0.15) is 0 Å². The van der Waals surface area contributed by atoms with Gasteiger partial charge in [-0.15, -0.1) is 10.2 Å². The van der Waals surface area contributed by atoms with Crippen molar-refractivity contribution in [1.29, 1.82) is 0 Å². The predicted octanol–water partition coefficient (Wildman–Crippen LogP) is 5.38. The molecular formula is C18H15Cl3N4OS. The molecule has 0 aliphatic rings. The largest absolute Gasteiger partial charge is 0.320 e. The van der Waals surface area contributed by atoms with Crippen LogP contribution in [0.25, 0.3) is 0 Å². The van der Waals surface area contributed by atoms with Gasteiger partial charge in [0, 0.05) is 27.3 Å². The fraction of sp³-hybridized carbons (Fsp3) is 0.167. The van der Waals surface area contributed by atoms with Crippen LogP contribution in [0.2, 0.25) is 15.1 Å². The van der Waals surface area contributed by atoms with Crippen molar-refractivity contribution in [2.45, 2.75) is 13.1 Å².